The predicted molar refractivity (Wildman–Crippen MR) is 180 cm³/mol. The zero-order valence-corrected chi connectivity index (χ0v) is 25.8. The number of aryl methyl sites for hydroxylation is 1. The Bertz CT molecular complexity index is 1570. The summed E-state index contributed by atoms with van der Waals surface area (Å²) in [6.45, 7) is 10.0. The minimum Gasteiger partial charge on any atom is -0.462 e. The van der Waals surface area contributed by atoms with Crippen molar-refractivity contribution in [1.29, 1.82) is 0 Å². The predicted octanol–water partition coefficient (Wildman–Crippen LogP) is 7.65. The lowest BCUT2D eigenvalue weighted by molar-refractivity contribution is -0.139. The molecule has 0 spiro atoms. The summed E-state index contributed by atoms with van der Waals surface area (Å²) in [5, 5.41) is 20.8. The molecule has 4 aromatic carbocycles. The van der Waals surface area contributed by atoms with Crippen LogP contribution in [0.5, 0.6) is 0 Å². The van der Waals surface area contributed by atoms with Crippen LogP contribution in [0, 0.1) is 0 Å². The van der Waals surface area contributed by atoms with Gasteiger partial charge in [0.15, 0.2) is 0 Å². The van der Waals surface area contributed by atoms with Gasteiger partial charge >= 0.3 is 5.97 Å². The van der Waals surface area contributed by atoms with Crippen LogP contribution in [0.3, 0.4) is 0 Å². The van der Waals surface area contributed by atoms with Gasteiger partial charge in [0.05, 0.1) is 38.6 Å². The lowest BCUT2D eigenvalue weighted by atomic mass is 9.95. The van der Waals surface area contributed by atoms with Gasteiger partial charge in [-0.05, 0) is 80.6 Å². The Balaban J connectivity index is 1.51. The van der Waals surface area contributed by atoms with Crippen LogP contribution in [0.4, 0.5) is 0 Å². The zero-order chi connectivity index (χ0) is 31.3. The van der Waals surface area contributed by atoms with Crippen molar-refractivity contribution in [3.63, 3.8) is 0 Å². The number of aliphatic hydroxyl groups is 2. The molecule has 4 aromatic rings. The highest BCUT2D eigenvalue weighted by Crippen LogP contribution is 2.29. The third kappa shape index (κ3) is 9.48. The summed E-state index contributed by atoms with van der Waals surface area (Å²) < 4.78 is 11.0. The van der Waals surface area contributed by atoms with E-state index in [0.29, 0.717) is 31.6 Å². The Kier molecular flexibility index (Phi) is 12.5. The molecule has 0 heterocycles. The Morgan fingerprint density at radius 1 is 0.659 bits per heavy atom. The average Bonchev–Trinajstić information content (AvgIpc) is 3.06. The van der Waals surface area contributed by atoms with Gasteiger partial charge in [0.1, 0.15) is 0 Å². The van der Waals surface area contributed by atoms with E-state index in [4.69, 9.17) is 19.7 Å². The zero-order valence-electron chi connectivity index (χ0n) is 25.8. The molecule has 0 saturated heterocycles. The van der Waals surface area contributed by atoms with Crippen LogP contribution in [0.2, 0.25) is 0 Å². The fraction of sp³-hybridized carbons (Fsp3) is 0.308. The molecule has 0 aliphatic rings. The molecule has 2 N–H and O–H groups in total. The number of esters is 1. The summed E-state index contributed by atoms with van der Waals surface area (Å²) in [7, 11) is 0. The van der Waals surface area contributed by atoms with E-state index in [0.717, 1.165) is 34.2 Å². The fourth-order valence-corrected chi connectivity index (χ4v) is 5.16. The smallest absolute Gasteiger partial charge is 0.335 e. The van der Waals surface area contributed by atoms with E-state index >= 15 is 0 Å². The number of carbonyl (C=O) groups is 1. The first-order valence-electron chi connectivity index (χ1n) is 15.5. The largest absolute Gasteiger partial charge is 0.462 e. The molecule has 0 radical (unpaired) electrons. The van der Waals surface area contributed by atoms with E-state index in [2.05, 4.69) is 98.9 Å². The second-order valence-electron chi connectivity index (χ2n) is 11.3. The summed E-state index contributed by atoms with van der Waals surface area (Å²) in [6.07, 6.45) is 6.10. The molecular formula is C39H44O5. The molecule has 0 aliphatic heterocycles. The number of rotatable bonds is 17. The van der Waals surface area contributed by atoms with Gasteiger partial charge in [-0.25, -0.2) is 4.79 Å². The SMILES string of the molecule is C=C(CO)COCCc1cc(CCOC(=O)C(=C)CO)cc(-c2ccc(-c3ccc4cc(CCCCC)ccc4c3)cc2)c1. The van der Waals surface area contributed by atoms with Crippen LogP contribution in [-0.2, 0) is 33.5 Å². The van der Waals surface area contributed by atoms with E-state index in [1.165, 1.54) is 41.2 Å². The molecule has 230 valence electrons. The first-order chi connectivity index (χ1) is 21.4. The van der Waals surface area contributed by atoms with Gasteiger partial charge in [-0.15, -0.1) is 0 Å². The van der Waals surface area contributed by atoms with Gasteiger partial charge in [0, 0.05) is 6.42 Å². The third-order valence-electron chi connectivity index (χ3n) is 7.75. The van der Waals surface area contributed by atoms with Gasteiger partial charge in [0.2, 0.25) is 0 Å². The van der Waals surface area contributed by atoms with E-state index in [-0.39, 0.29) is 18.8 Å². The third-order valence-corrected chi connectivity index (χ3v) is 7.75. The quantitative estimate of drug-likeness (QED) is 0.0570. The van der Waals surface area contributed by atoms with Crippen molar-refractivity contribution in [1.82, 2.24) is 0 Å². The molecule has 0 aromatic heterocycles. The maximum Gasteiger partial charge on any atom is 0.335 e. The molecule has 0 atom stereocenters. The van der Waals surface area contributed by atoms with Crippen molar-refractivity contribution < 1.29 is 24.5 Å². The summed E-state index contributed by atoms with van der Waals surface area (Å²) in [5.41, 5.74) is 8.74. The molecule has 0 saturated carbocycles. The first kappa shape index (κ1) is 32.9. The van der Waals surface area contributed by atoms with Crippen LogP contribution >= 0.6 is 0 Å². The number of benzene rings is 4. The number of fused-ring (bicyclic) bond motifs is 1. The molecule has 4 rings (SSSR count). The Morgan fingerprint density at radius 3 is 1.98 bits per heavy atom. The van der Waals surface area contributed by atoms with Gasteiger partial charge in [-0.1, -0.05) is 106 Å². The topological polar surface area (TPSA) is 76.0 Å². The standard InChI is InChI=1S/C39H44O5/c1-4-5-6-7-30-8-9-37-24-36(15-14-35(37)21-30)33-10-12-34(13-11-33)38-22-31(16-18-43-27-28(2)25-40)20-32(23-38)17-19-44-39(42)29(3)26-41/h8-15,20-24,40-41H,2-7,16-19,25-27H2,1H3. The van der Waals surface area contributed by atoms with Crippen molar-refractivity contribution in [3.05, 3.63) is 120 Å². The molecule has 0 bridgehead atoms. The van der Waals surface area contributed by atoms with Gasteiger partial charge < -0.3 is 19.7 Å². The molecule has 0 aliphatic carbocycles. The minimum absolute atomic E-state index is 0.0414. The Labute approximate surface area is 261 Å². The summed E-state index contributed by atoms with van der Waals surface area (Å²) in [5.74, 6) is -0.585. The van der Waals surface area contributed by atoms with Crippen molar-refractivity contribution in [2.45, 2.75) is 45.4 Å². The van der Waals surface area contributed by atoms with Crippen molar-refractivity contribution in [2.75, 3.05) is 33.0 Å². The molecule has 5 heteroatoms. The molecule has 0 fully saturated rings. The Hall–Kier alpha value is -4.03. The van der Waals surface area contributed by atoms with Crippen molar-refractivity contribution in [2.24, 2.45) is 0 Å². The molecular weight excluding hydrogens is 548 g/mol. The number of aliphatic hydroxyl groups excluding tert-OH is 2. The van der Waals surface area contributed by atoms with Crippen LogP contribution < -0.4 is 0 Å². The second-order valence-corrected chi connectivity index (χ2v) is 11.3. The lowest BCUT2D eigenvalue weighted by Gasteiger charge is -2.13. The Morgan fingerprint density at radius 2 is 1.30 bits per heavy atom. The molecule has 44 heavy (non-hydrogen) atoms. The van der Waals surface area contributed by atoms with Crippen LogP contribution in [-0.4, -0.2) is 49.2 Å². The fourth-order valence-electron chi connectivity index (χ4n) is 5.16. The maximum absolute atomic E-state index is 11.9. The van der Waals surface area contributed by atoms with E-state index in [1.807, 2.05) is 0 Å². The number of ether oxygens (including phenoxy) is 2. The van der Waals surface area contributed by atoms with Gasteiger partial charge in [0.25, 0.3) is 0 Å². The maximum atomic E-state index is 11.9. The highest BCUT2D eigenvalue weighted by atomic mass is 16.5. The number of carbonyl (C=O) groups excluding carboxylic acids is 1. The normalized spacial score (nSPS) is 11.1. The van der Waals surface area contributed by atoms with Crippen LogP contribution in [0.25, 0.3) is 33.0 Å². The lowest BCUT2D eigenvalue weighted by Crippen LogP contribution is -2.12. The van der Waals surface area contributed by atoms with E-state index in [9.17, 15) is 4.79 Å². The summed E-state index contributed by atoms with van der Waals surface area (Å²) >= 11 is 0. The molecule has 0 amide bonds. The monoisotopic (exact) mass is 592 g/mol. The number of hydrogen-bond acceptors (Lipinski definition) is 5. The summed E-state index contributed by atoms with van der Waals surface area (Å²) in [6, 6.07) is 28.5. The van der Waals surface area contributed by atoms with Gasteiger partial charge in [-0.2, -0.15) is 0 Å². The second kappa shape index (κ2) is 16.7. The van der Waals surface area contributed by atoms with E-state index < -0.39 is 12.6 Å². The highest BCUT2D eigenvalue weighted by Gasteiger charge is 2.10. The number of unbranched alkanes of at least 4 members (excludes halogenated alkanes) is 2. The number of hydrogen-bond donors (Lipinski definition) is 2. The molecule has 5 nitrogen and oxygen atoms in total. The van der Waals surface area contributed by atoms with Crippen LogP contribution in [0.15, 0.2) is 103 Å². The van der Waals surface area contributed by atoms with Crippen molar-refractivity contribution >= 4 is 16.7 Å². The van der Waals surface area contributed by atoms with Gasteiger partial charge in [-0.3, -0.25) is 0 Å². The minimum atomic E-state index is -0.585. The highest BCUT2D eigenvalue weighted by molar-refractivity contribution is 5.88. The van der Waals surface area contributed by atoms with Crippen molar-refractivity contribution in [3.8, 4) is 22.3 Å². The molecule has 0 unspecified atom stereocenters. The average molecular weight is 593 g/mol. The summed E-state index contributed by atoms with van der Waals surface area (Å²) in [4.78, 5) is 11.9. The van der Waals surface area contributed by atoms with Crippen LogP contribution in [0.1, 0.15) is 42.9 Å². The van der Waals surface area contributed by atoms with E-state index in [1.54, 1.807) is 0 Å². The first-order valence-corrected chi connectivity index (χ1v) is 15.5.